The second-order valence-corrected chi connectivity index (χ2v) is 6.74. The van der Waals surface area contributed by atoms with E-state index in [9.17, 15) is 4.79 Å². The van der Waals surface area contributed by atoms with Gasteiger partial charge in [-0.3, -0.25) is 4.79 Å². The number of hydrogen-bond acceptors (Lipinski definition) is 8. The van der Waals surface area contributed by atoms with Gasteiger partial charge in [-0.1, -0.05) is 0 Å². The van der Waals surface area contributed by atoms with Crippen molar-refractivity contribution in [1.82, 2.24) is 14.9 Å². The molecule has 1 fully saturated rings. The van der Waals surface area contributed by atoms with Crippen LogP contribution >= 0.6 is 0 Å². The van der Waals surface area contributed by atoms with Crippen LogP contribution in [-0.4, -0.2) is 74.9 Å². The molecule has 2 aromatic rings. The molecular formula is C21H28N4O5. The molecule has 9 nitrogen and oxygen atoms in total. The Morgan fingerprint density at radius 3 is 2.13 bits per heavy atom. The monoisotopic (exact) mass is 416 g/mol. The number of rotatable bonds is 7. The van der Waals surface area contributed by atoms with E-state index in [0.29, 0.717) is 67.3 Å². The molecule has 0 spiro atoms. The number of aromatic nitrogens is 2. The summed E-state index contributed by atoms with van der Waals surface area (Å²) in [5.74, 6) is 3.33. The molecule has 0 radical (unpaired) electrons. The van der Waals surface area contributed by atoms with Crippen molar-refractivity contribution in [2.45, 2.75) is 13.8 Å². The quantitative estimate of drug-likeness (QED) is 0.679. The summed E-state index contributed by atoms with van der Waals surface area (Å²) in [4.78, 5) is 25.8. The van der Waals surface area contributed by atoms with Gasteiger partial charge in [0.1, 0.15) is 11.6 Å². The number of piperazine rings is 1. The van der Waals surface area contributed by atoms with Crippen LogP contribution in [-0.2, 0) is 0 Å². The number of nitrogens with zero attached hydrogens (tertiary/aromatic N) is 4. The highest BCUT2D eigenvalue weighted by Crippen LogP contribution is 2.38. The minimum Gasteiger partial charge on any atom is -0.493 e. The van der Waals surface area contributed by atoms with Crippen molar-refractivity contribution in [3.63, 3.8) is 0 Å². The Hall–Kier alpha value is -3.23. The van der Waals surface area contributed by atoms with Gasteiger partial charge >= 0.3 is 0 Å². The van der Waals surface area contributed by atoms with E-state index in [1.54, 1.807) is 12.1 Å². The Morgan fingerprint density at radius 2 is 1.60 bits per heavy atom. The zero-order valence-electron chi connectivity index (χ0n) is 18.1. The van der Waals surface area contributed by atoms with E-state index in [1.165, 1.54) is 21.3 Å². The summed E-state index contributed by atoms with van der Waals surface area (Å²) in [5.41, 5.74) is 0.495. The highest BCUT2D eigenvalue weighted by Gasteiger charge is 2.25. The van der Waals surface area contributed by atoms with Gasteiger partial charge in [0.15, 0.2) is 11.5 Å². The van der Waals surface area contributed by atoms with Crippen molar-refractivity contribution in [3.8, 4) is 23.1 Å². The molecule has 162 valence electrons. The first-order valence-electron chi connectivity index (χ1n) is 9.83. The van der Waals surface area contributed by atoms with Crippen molar-refractivity contribution in [1.29, 1.82) is 0 Å². The van der Waals surface area contributed by atoms with Crippen molar-refractivity contribution in [2.75, 3.05) is 59.0 Å². The zero-order chi connectivity index (χ0) is 21.7. The van der Waals surface area contributed by atoms with Gasteiger partial charge in [-0.25, -0.2) is 4.98 Å². The summed E-state index contributed by atoms with van der Waals surface area (Å²) in [5, 5.41) is 0. The fraction of sp³-hybridized carbons (Fsp3) is 0.476. The third-order valence-corrected chi connectivity index (χ3v) is 4.90. The molecule has 0 N–H and O–H groups in total. The Morgan fingerprint density at radius 1 is 0.967 bits per heavy atom. The lowest BCUT2D eigenvalue weighted by atomic mass is 10.1. The zero-order valence-corrected chi connectivity index (χ0v) is 18.1. The first-order chi connectivity index (χ1) is 14.5. The average molecular weight is 416 g/mol. The van der Waals surface area contributed by atoms with Crippen molar-refractivity contribution >= 4 is 11.7 Å². The lowest BCUT2D eigenvalue weighted by Crippen LogP contribution is -2.49. The molecule has 9 heteroatoms. The molecule has 0 atom stereocenters. The molecule has 3 rings (SSSR count). The molecule has 1 aliphatic heterocycles. The van der Waals surface area contributed by atoms with Crippen LogP contribution in [0.4, 0.5) is 5.82 Å². The fourth-order valence-electron chi connectivity index (χ4n) is 3.43. The standard InChI is InChI=1S/C21H28N4O5/c1-6-30-19-13-18(22-14(2)23-19)24-7-9-25(10-8-24)21(26)15-11-16(27-3)20(29-5)17(12-15)28-4/h11-13H,6-10H2,1-5H3. The van der Waals surface area contributed by atoms with Gasteiger partial charge in [-0.15, -0.1) is 0 Å². The molecule has 1 amide bonds. The van der Waals surface area contributed by atoms with E-state index >= 15 is 0 Å². The third kappa shape index (κ3) is 4.50. The van der Waals surface area contributed by atoms with Crippen LogP contribution in [0.5, 0.6) is 23.1 Å². The van der Waals surface area contributed by atoms with E-state index in [1.807, 2.05) is 24.8 Å². The Bertz CT molecular complexity index is 872. The highest BCUT2D eigenvalue weighted by molar-refractivity contribution is 5.95. The highest BCUT2D eigenvalue weighted by atomic mass is 16.5. The van der Waals surface area contributed by atoms with Crippen LogP contribution in [0.15, 0.2) is 18.2 Å². The van der Waals surface area contributed by atoms with Crippen LogP contribution in [0.2, 0.25) is 0 Å². The molecule has 1 saturated heterocycles. The maximum absolute atomic E-state index is 13.1. The first-order valence-corrected chi connectivity index (χ1v) is 9.83. The third-order valence-electron chi connectivity index (χ3n) is 4.90. The van der Waals surface area contributed by atoms with Crippen molar-refractivity contribution in [2.24, 2.45) is 0 Å². The number of carbonyl (C=O) groups is 1. The van der Waals surface area contributed by atoms with Crippen LogP contribution < -0.4 is 23.8 Å². The molecule has 0 unspecified atom stereocenters. The summed E-state index contributed by atoms with van der Waals surface area (Å²) >= 11 is 0. The topological polar surface area (TPSA) is 86.3 Å². The van der Waals surface area contributed by atoms with Gasteiger partial charge < -0.3 is 28.7 Å². The summed E-state index contributed by atoms with van der Waals surface area (Å²) in [6.07, 6.45) is 0. The molecule has 2 heterocycles. The summed E-state index contributed by atoms with van der Waals surface area (Å²) < 4.78 is 21.6. The molecule has 0 bridgehead atoms. The Labute approximate surface area is 176 Å². The molecule has 1 aromatic carbocycles. The first kappa shape index (κ1) is 21.5. The molecule has 1 aliphatic rings. The van der Waals surface area contributed by atoms with Crippen molar-refractivity contribution in [3.05, 3.63) is 29.6 Å². The maximum Gasteiger partial charge on any atom is 0.254 e. The number of anilines is 1. The lowest BCUT2D eigenvalue weighted by molar-refractivity contribution is 0.0745. The van der Waals surface area contributed by atoms with Crippen LogP contribution in [0.1, 0.15) is 23.1 Å². The molecule has 0 saturated carbocycles. The van der Waals surface area contributed by atoms with Gasteiger partial charge in [-0.2, -0.15) is 4.98 Å². The van der Waals surface area contributed by atoms with E-state index < -0.39 is 0 Å². The fourth-order valence-corrected chi connectivity index (χ4v) is 3.43. The molecule has 0 aliphatic carbocycles. The van der Waals surface area contributed by atoms with Crippen molar-refractivity contribution < 1.29 is 23.7 Å². The summed E-state index contributed by atoms with van der Waals surface area (Å²) in [6.45, 7) is 6.79. The second-order valence-electron chi connectivity index (χ2n) is 6.74. The Kier molecular flexibility index (Phi) is 6.81. The number of hydrogen-bond donors (Lipinski definition) is 0. The largest absolute Gasteiger partial charge is 0.493 e. The molecule has 1 aromatic heterocycles. The smallest absolute Gasteiger partial charge is 0.254 e. The predicted octanol–water partition coefficient (Wildman–Crippen LogP) is 2.17. The van der Waals surface area contributed by atoms with E-state index in [4.69, 9.17) is 18.9 Å². The summed E-state index contributed by atoms with van der Waals surface area (Å²) in [6, 6.07) is 5.20. The minimum atomic E-state index is -0.0808. The maximum atomic E-state index is 13.1. The molecule has 30 heavy (non-hydrogen) atoms. The second kappa shape index (κ2) is 9.51. The summed E-state index contributed by atoms with van der Waals surface area (Å²) in [7, 11) is 4.60. The number of ether oxygens (including phenoxy) is 4. The van der Waals surface area contributed by atoms with Crippen LogP contribution in [0, 0.1) is 6.92 Å². The van der Waals surface area contributed by atoms with Gasteiger partial charge in [0, 0.05) is 37.8 Å². The van der Waals surface area contributed by atoms with Crippen LogP contribution in [0.25, 0.3) is 0 Å². The minimum absolute atomic E-state index is 0.0808. The van der Waals surface area contributed by atoms with Gasteiger partial charge in [-0.05, 0) is 26.0 Å². The number of aryl methyl sites for hydroxylation is 1. The predicted molar refractivity (Wildman–Crippen MR) is 112 cm³/mol. The molecular weight excluding hydrogens is 388 g/mol. The average Bonchev–Trinajstić information content (AvgIpc) is 2.77. The van der Waals surface area contributed by atoms with Crippen LogP contribution in [0.3, 0.4) is 0 Å². The lowest BCUT2D eigenvalue weighted by Gasteiger charge is -2.35. The van der Waals surface area contributed by atoms with E-state index in [0.717, 1.165) is 5.82 Å². The number of methoxy groups -OCH3 is 3. The Balaban J connectivity index is 1.73. The normalized spacial score (nSPS) is 13.8. The SMILES string of the molecule is CCOc1cc(N2CCN(C(=O)c3cc(OC)c(OC)c(OC)c3)CC2)nc(C)n1. The number of carbonyl (C=O) groups excluding carboxylic acids is 1. The number of amides is 1. The van der Waals surface area contributed by atoms with Gasteiger partial charge in [0.25, 0.3) is 5.91 Å². The van der Waals surface area contributed by atoms with Gasteiger partial charge in [0.05, 0.1) is 27.9 Å². The number of benzene rings is 1. The van der Waals surface area contributed by atoms with Gasteiger partial charge in [0.2, 0.25) is 11.6 Å². The van der Waals surface area contributed by atoms with E-state index in [-0.39, 0.29) is 5.91 Å². The van der Waals surface area contributed by atoms with E-state index in [2.05, 4.69) is 14.9 Å².